The van der Waals surface area contributed by atoms with Gasteiger partial charge in [0.05, 0.1) is 26.4 Å². The van der Waals surface area contributed by atoms with Gasteiger partial charge in [0.1, 0.15) is 19.3 Å². The summed E-state index contributed by atoms with van der Waals surface area (Å²) in [4.78, 5) is 72.3. The topological polar surface area (TPSA) is 237 Å². The number of aliphatic hydroxyl groups excluding tert-OH is 1. The summed E-state index contributed by atoms with van der Waals surface area (Å²) in [6, 6.07) is 0. The van der Waals surface area contributed by atoms with Crippen molar-refractivity contribution in [2.75, 3.05) is 39.6 Å². The molecule has 86 heavy (non-hydrogen) atoms. The molecule has 0 bridgehead atoms. The van der Waals surface area contributed by atoms with Crippen LogP contribution in [0.5, 0.6) is 0 Å². The van der Waals surface area contributed by atoms with Gasteiger partial charge in [0.15, 0.2) is 12.2 Å². The number of aliphatic hydroxyl groups is 1. The second kappa shape index (κ2) is 60.6. The van der Waals surface area contributed by atoms with Crippen molar-refractivity contribution in [3.05, 3.63) is 0 Å². The van der Waals surface area contributed by atoms with Gasteiger partial charge in [-0.2, -0.15) is 0 Å². The highest BCUT2D eigenvalue weighted by Crippen LogP contribution is 2.45. The molecule has 0 aliphatic carbocycles. The highest BCUT2D eigenvalue weighted by atomic mass is 31.2. The first-order chi connectivity index (χ1) is 41.6. The van der Waals surface area contributed by atoms with E-state index in [-0.39, 0.29) is 25.7 Å². The smallest absolute Gasteiger partial charge is 0.462 e. The molecule has 0 aromatic carbocycles. The molecule has 3 N–H and O–H groups in total. The van der Waals surface area contributed by atoms with E-state index < -0.39 is 97.5 Å². The van der Waals surface area contributed by atoms with Gasteiger partial charge in [0.25, 0.3) is 0 Å². The zero-order valence-corrected chi connectivity index (χ0v) is 57.2. The van der Waals surface area contributed by atoms with Gasteiger partial charge in [-0.1, -0.05) is 291 Å². The highest BCUT2D eigenvalue weighted by Gasteiger charge is 2.30. The van der Waals surface area contributed by atoms with E-state index in [2.05, 4.69) is 34.6 Å². The van der Waals surface area contributed by atoms with Crippen molar-refractivity contribution < 1.29 is 80.2 Å². The maximum absolute atomic E-state index is 13.0. The predicted octanol–water partition coefficient (Wildman–Crippen LogP) is 19.0. The van der Waals surface area contributed by atoms with Crippen LogP contribution in [0, 0.1) is 5.92 Å². The van der Waals surface area contributed by atoms with E-state index in [9.17, 15) is 43.2 Å². The van der Waals surface area contributed by atoms with E-state index in [0.717, 1.165) is 109 Å². The predicted molar refractivity (Wildman–Crippen MR) is 345 cm³/mol. The third kappa shape index (κ3) is 59.7. The second-order valence-corrected chi connectivity index (χ2v) is 27.4. The summed E-state index contributed by atoms with van der Waals surface area (Å²) in [5.41, 5.74) is 0. The molecule has 0 radical (unpaired) electrons. The fourth-order valence-electron chi connectivity index (χ4n) is 10.1. The van der Waals surface area contributed by atoms with E-state index in [1.807, 2.05) is 0 Å². The lowest BCUT2D eigenvalue weighted by atomic mass is 10.00. The molecule has 3 unspecified atom stereocenters. The Kier molecular flexibility index (Phi) is 59.2. The number of phosphoric ester groups is 2. The van der Waals surface area contributed by atoms with Crippen molar-refractivity contribution in [1.29, 1.82) is 0 Å². The maximum Gasteiger partial charge on any atom is 0.472 e. The zero-order chi connectivity index (χ0) is 63.5. The number of hydrogen-bond acceptors (Lipinski definition) is 15. The lowest BCUT2D eigenvalue weighted by Gasteiger charge is -2.21. The first-order valence-electron chi connectivity index (χ1n) is 35.2. The number of hydrogen-bond donors (Lipinski definition) is 3. The first-order valence-corrected chi connectivity index (χ1v) is 38.2. The molecule has 0 aromatic heterocycles. The molecule has 0 saturated carbocycles. The number of phosphoric acid groups is 2. The maximum atomic E-state index is 13.0. The molecule has 0 saturated heterocycles. The van der Waals surface area contributed by atoms with Gasteiger partial charge in [0, 0.05) is 25.7 Å². The monoisotopic (exact) mass is 1270 g/mol. The minimum Gasteiger partial charge on any atom is -0.462 e. The number of carbonyl (C=O) groups is 4. The molecule has 17 nitrogen and oxygen atoms in total. The molecule has 6 atom stereocenters. The van der Waals surface area contributed by atoms with Gasteiger partial charge in [-0.15, -0.1) is 0 Å². The molecule has 0 amide bonds. The van der Waals surface area contributed by atoms with Crippen molar-refractivity contribution in [2.45, 2.75) is 361 Å². The molecular formula is C67H130O17P2. The summed E-state index contributed by atoms with van der Waals surface area (Å²) in [5.74, 6) is -1.41. The summed E-state index contributed by atoms with van der Waals surface area (Å²) in [5, 5.41) is 10.5. The summed E-state index contributed by atoms with van der Waals surface area (Å²) in [6.45, 7) is 7.14. The van der Waals surface area contributed by atoms with Crippen LogP contribution in [0.4, 0.5) is 0 Å². The Bertz CT molecular complexity index is 1670. The van der Waals surface area contributed by atoms with Crippen molar-refractivity contribution in [3.8, 4) is 0 Å². The summed E-state index contributed by atoms with van der Waals surface area (Å²) in [6.07, 6.45) is 45.9. The minimum atomic E-state index is -4.95. The molecule has 0 fully saturated rings. The van der Waals surface area contributed by atoms with Crippen molar-refractivity contribution in [1.82, 2.24) is 0 Å². The lowest BCUT2D eigenvalue weighted by Crippen LogP contribution is -2.30. The third-order valence-corrected chi connectivity index (χ3v) is 17.8. The van der Waals surface area contributed by atoms with Crippen molar-refractivity contribution in [3.63, 3.8) is 0 Å². The average Bonchev–Trinajstić information content (AvgIpc) is 3.64. The van der Waals surface area contributed by atoms with Crippen LogP contribution in [-0.2, 0) is 65.4 Å². The van der Waals surface area contributed by atoms with Crippen LogP contribution in [0.15, 0.2) is 0 Å². The fraction of sp³-hybridized carbons (Fsp3) is 0.940. The molecule has 0 aromatic rings. The number of ether oxygens (including phenoxy) is 4. The quantitative estimate of drug-likeness (QED) is 0.0222. The highest BCUT2D eigenvalue weighted by molar-refractivity contribution is 7.47. The van der Waals surface area contributed by atoms with E-state index in [1.54, 1.807) is 0 Å². The molecule has 0 spiro atoms. The number of unbranched alkanes of at least 4 members (excludes halogenated alkanes) is 38. The van der Waals surface area contributed by atoms with Crippen LogP contribution < -0.4 is 0 Å². The molecule has 0 aliphatic heterocycles. The van der Waals surface area contributed by atoms with Crippen LogP contribution >= 0.6 is 15.6 Å². The van der Waals surface area contributed by atoms with Gasteiger partial charge in [0.2, 0.25) is 0 Å². The van der Waals surface area contributed by atoms with E-state index in [4.69, 9.17) is 37.0 Å². The molecular weight excluding hydrogens is 1140 g/mol. The first kappa shape index (κ1) is 84.1. The second-order valence-electron chi connectivity index (χ2n) is 24.5. The average molecular weight is 1270 g/mol. The number of carbonyl (C=O) groups excluding carboxylic acids is 4. The zero-order valence-electron chi connectivity index (χ0n) is 55.4. The van der Waals surface area contributed by atoms with Crippen LogP contribution in [-0.4, -0.2) is 96.7 Å². The Labute approximate surface area is 524 Å². The number of esters is 4. The molecule has 0 aliphatic rings. The molecule has 0 rings (SSSR count). The standard InChI is InChI=1S/C67H130O17P2/c1-6-10-13-16-19-21-23-25-27-29-31-33-36-42-47-52-66(71)83-62(57-78-65(70)51-46-41-35-32-30-28-26-24-22-20-17-14-11-7-2)58-81-85(73,74)79-54-61(68)55-80-86(75,76)82-59-63(56-77-64(69)50-45-40-34-18-15-12-8-3)84-67(72)53-48-43-38-37-39-44-49-60(5)9-4/h60-63,68H,6-59H2,1-5H3,(H,73,74)(H,75,76)/t60?,61-,62-,63-/m1/s1. The molecule has 0 heterocycles. The number of rotatable bonds is 67. The van der Waals surface area contributed by atoms with E-state index in [1.165, 1.54) is 154 Å². The lowest BCUT2D eigenvalue weighted by molar-refractivity contribution is -0.161. The minimum absolute atomic E-state index is 0.103. The van der Waals surface area contributed by atoms with Crippen molar-refractivity contribution >= 4 is 39.5 Å². The van der Waals surface area contributed by atoms with Gasteiger partial charge in [-0.05, 0) is 31.6 Å². The Morgan fingerprint density at radius 3 is 0.826 bits per heavy atom. The Morgan fingerprint density at radius 2 is 0.558 bits per heavy atom. The summed E-state index contributed by atoms with van der Waals surface area (Å²) >= 11 is 0. The van der Waals surface area contributed by atoms with Crippen LogP contribution in [0.1, 0.15) is 343 Å². The normalized spacial score (nSPS) is 14.5. The van der Waals surface area contributed by atoms with E-state index >= 15 is 0 Å². The Balaban J connectivity index is 5.21. The SMILES string of the molecule is CCCCCCCCCCCCCCCCCC(=O)O[C@H](COC(=O)CCCCCCCCCCCCCCCC)COP(=O)(O)OC[C@@H](O)COP(=O)(O)OC[C@@H](COC(=O)CCCCCCCCC)OC(=O)CCCCCCCCC(C)CC. The van der Waals surface area contributed by atoms with Crippen LogP contribution in [0.25, 0.3) is 0 Å². The Hall–Kier alpha value is -1.94. The van der Waals surface area contributed by atoms with Gasteiger partial charge >= 0.3 is 39.5 Å². The largest absolute Gasteiger partial charge is 0.472 e. The van der Waals surface area contributed by atoms with Crippen molar-refractivity contribution in [2.24, 2.45) is 5.92 Å². The summed E-state index contributed by atoms with van der Waals surface area (Å²) < 4.78 is 68.1. The van der Waals surface area contributed by atoms with Gasteiger partial charge in [-0.3, -0.25) is 37.3 Å². The molecule has 19 heteroatoms. The van der Waals surface area contributed by atoms with Gasteiger partial charge in [-0.25, -0.2) is 9.13 Å². The van der Waals surface area contributed by atoms with Crippen LogP contribution in [0.3, 0.4) is 0 Å². The summed E-state index contributed by atoms with van der Waals surface area (Å²) in [7, 11) is -9.89. The van der Waals surface area contributed by atoms with Gasteiger partial charge < -0.3 is 33.8 Å². The Morgan fingerprint density at radius 1 is 0.326 bits per heavy atom. The van der Waals surface area contributed by atoms with E-state index in [0.29, 0.717) is 25.7 Å². The van der Waals surface area contributed by atoms with Crippen LogP contribution in [0.2, 0.25) is 0 Å². The molecule has 510 valence electrons. The third-order valence-electron chi connectivity index (χ3n) is 15.9. The fourth-order valence-corrected chi connectivity index (χ4v) is 11.7.